The molecule has 0 aliphatic carbocycles. The molecule has 0 radical (unpaired) electrons. The van der Waals surface area contributed by atoms with Crippen LogP contribution in [0, 0.1) is 11.8 Å². The molecule has 0 saturated carbocycles. The minimum Gasteiger partial charge on any atom is -0.395 e. The van der Waals surface area contributed by atoms with E-state index < -0.39 is 0 Å². The standard InChI is InChI=1S/C22H29Cl2N5O/c1-15(19-5-4-18(23)11-20(19)24)26-21-6-7-25-22(27-21)29-13-17(14-29)16-3-2-8-28(12-16)9-10-30/h4-7,11,15-17,30H,2-3,8-10,12-14H2,1H3,(H,25,26,27)/t15-,16-/m1/s1. The number of hydrogen-bond acceptors (Lipinski definition) is 6. The SMILES string of the molecule is C[C@@H](Nc1ccnc(N2CC([C@@H]3CCCN(CCO)C3)C2)n1)c1ccc(Cl)cc1Cl. The highest BCUT2D eigenvalue weighted by Crippen LogP contribution is 2.33. The van der Waals surface area contributed by atoms with Gasteiger partial charge in [0.15, 0.2) is 0 Å². The van der Waals surface area contributed by atoms with Gasteiger partial charge in [0, 0.05) is 42.4 Å². The molecule has 2 N–H and O–H groups in total. The maximum Gasteiger partial charge on any atom is 0.227 e. The number of halogens is 2. The van der Waals surface area contributed by atoms with Gasteiger partial charge in [0.25, 0.3) is 0 Å². The maximum atomic E-state index is 9.21. The van der Waals surface area contributed by atoms with E-state index in [4.69, 9.17) is 28.2 Å². The molecule has 2 atom stereocenters. The molecule has 0 bridgehead atoms. The molecule has 2 aliphatic heterocycles. The van der Waals surface area contributed by atoms with E-state index in [1.165, 1.54) is 12.8 Å². The monoisotopic (exact) mass is 449 g/mol. The second kappa shape index (κ2) is 9.69. The summed E-state index contributed by atoms with van der Waals surface area (Å²) in [6.45, 7) is 7.30. The van der Waals surface area contributed by atoms with Crippen molar-refractivity contribution < 1.29 is 5.11 Å². The lowest BCUT2D eigenvalue weighted by molar-refractivity contribution is 0.101. The normalized spacial score (nSPS) is 21.3. The van der Waals surface area contributed by atoms with Crippen LogP contribution in [-0.2, 0) is 0 Å². The zero-order valence-corrected chi connectivity index (χ0v) is 18.8. The van der Waals surface area contributed by atoms with Crippen molar-refractivity contribution in [3.8, 4) is 0 Å². The first kappa shape index (κ1) is 21.6. The smallest absolute Gasteiger partial charge is 0.227 e. The highest BCUT2D eigenvalue weighted by atomic mass is 35.5. The Labute approximate surface area is 188 Å². The fourth-order valence-corrected chi connectivity index (χ4v) is 5.10. The number of benzene rings is 1. The summed E-state index contributed by atoms with van der Waals surface area (Å²) in [4.78, 5) is 13.8. The number of β-amino-alcohol motifs (C(OH)–C–C–N with tert-alkyl or cyclic N) is 1. The minimum atomic E-state index is 0.00130. The molecule has 30 heavy (non-hydrogen) atoms. The number of anilines is 2. The molecular formula is C22H29Cl2N5O. The molecule has 0 unspecified atom stereocenters. The van der Waals surface area contributed by atoms with Crippen molar-refractivity contribution in [1.29, 1.82) is 0 Å². The van der Waals surface area contributed by atoms with Crippen LogP contribution in [0.4, 0.5) is 11.8 Å². The van der Waals surface area contributed by atoms with E-state index in [0.29, 0.717) is 21.9 Å². The lowest BCUT2D eigenvalue weighted by Crippen LogP contribution is -2.54. The summed E-state index contributed by atoms with van der Waals surface area (Å²) < 4.78 is 0. The average Bonchev–Trinajstić information content (AvgIpc) is 2.68. The van der Waals surface area contributed by atoms with Crippen molar-refractivity contribution in [2.75, 3.05) is 49.5 Å². The van der Waals surface area contributed by atoms with Crippen LogP contribution < -0.4 is 10.2 Å². The Hall–Kier alpha value is -1.60. The summed E-state index contributed by atoms with van der Waals surface area (Å²) in [5, 5.41) is 13.9. The number of hydrogen-bond donors (Lipinski definition) is 2. The number of nitrogens with one attached hydrogen (secondary N) is 1. The van der Waals surface area contributed by atoms with Gasteiger partial charge in [-0.15, -0.1) is 0 Å². The Morgan fingerprint density at radius 2 is 2.03 bits per heavy atom. The van der Waals surface area contributed by atoms with Crippen LogP contribution in [0.15, 0.2) is 30.5 Å². The van der Waals surface area contributed by atoms with Crippen LogP contribution in [0.2, 0.25) is 10.0 Å². The van der Waals surface area contributed by atoms with E-state index in [9.17, 15) is 5.11 Å². The molecule has 2 saturated heterocycles. The fraction of sp³-hybridized carbons (Fsp3) is 0.545. The first-order valence-corrected chi connectivity index (χ1v) is 11.4. The third-order valence-corrected chi connectivity index (χ3v) is 6.82. The largest absolute Gasteiger partial charge is 0.395 e. The van der Waals surface area contributed by atoms with Crippen LogP contribution in [0.1, 0.15) is 31.4 Å². The third-order valence-electron chi connectivity index (χ3n) is 6.25. The third kappa shape index (κ3) is 4.99. The molecule has 2 fully saturated rings. The molecule has 6 nitrogen and oxygen atoms in total. The van der Waals surface area contributed by atoms with E-state index in [2.05, 4.69) is 27.0 Å². The molecule has 1 aromatic heterocycles. The molecule has 0 spiro atoms. The molecule has 8 heteroatoms. The van der Waals surface area contributed by atoms with Crippen molar-refractivity contribution in [3.63, 3.8) is 0 Å². The lowest BCUT2D eigenvalue weighted by atomic mass is 9.81. The van der Waals surface area contributed by atoms with Gasteiger partial charge in [-0.05, 0) is 61.9 Å². The summed E-state index contributed by atoms with van der Waals surface area (Å²) in [5.41, 5.74) is 0.981. The molecule has 2 aliphatic rings. The first-order valence-electron chi connectivity index (χ1n) is 10.7. The van der Waals surface area contributed by atoms with Gasteiger partial charge in [0.1, 0.15) is 5.82 Å². The van der Waals surface area contributed by atoms with Crippen LogP contribution in [-0.4, -0.2) is 59.3 Å². The van der Waals surface area contributed by atoms with Crippen molar-refractivity contribution in [2.45, 2.75) is 25.8 Å². The number of aliphatic hydroxyl groups excluding tert-OH is 1. The number of likely N-dealkylation sites (tertiary alicyclic amines) is 1. The van der Waals surface area contributed by atoms with E-state index in [1.54, 1.807) is 12.3 Å². The van der Waals surface area contributed by atoms with Crippen LogP contribution in [0.3, 0.4) is 0 Å². The summed E-state index contributed by atoms with van der Waals surface area (Å²) in [6, 6.07) is 7.43. The molecule has 4 rings (SSSR count). The first-order chi connectivity index (χ1) is 14.5. The number of rotatable bonds is 7. The predicted octanol–water partition coefficient (Wildman–Crippen LogP) is 4.10. The Balaban J connectivity index is 1.34. The van der Waals surface area contributed by atoms with E-state index in [0.717, 1.165) is 50.1 Å². The second-order valence-corrected chi connectivity index (χ2v) is 9.21. The molecule has 3 heterocycles. The number of piperidine rings is 1. The Kier molecular flexibility index (Phi) is 6.98. The topological polar surface area (TPSA) is 64.5 Å². The lowest BCUT2D eigenvalue weighted by Gasteiger charge is -2.46. The van der Waals surface area contributed by atoms with Gasteiger partial charge >= 0.3 is 0 Å². The number of aliphatic hydroxyl groups is 1. The van der Waals surface area contributed by atoms with Gasteiger partial charge in [0.2, 0.25) is 5.95 Å². The van der Waals surface area contributed by atoms with Crippen LogP contribution in [0.5, 0.6) is 0 Å². The molecule has 162 valence electrons. The van der Waals surface area contributed by atoms with E-state index >= 15 is 0 Å². The summed E-state index contributed by atoms with van der Waals surface area (Å²) in [7, 11) is 0. The maximum absolute atomic E-state index is 9.21. The highest BCUT2D eigenvalue weighted by Gasteiger charge is 2.36. The summed E-state index contributed by atoms with van der Waals surface area (Å²) in [5.74, 6) is 2.94. The van der Waals surface area contributed by atoms with Crippen molar-refractivity contribution in [1.82, 2.24) is 14.9 Å². The molecule has 2 aromatic rings. The Morgan fingerprint density at radius 3 is 2.80 bits per heavy atom. The van der Waals surface area contributed by atoms with Crippen molar-refractivity contribution in [3.05, 3.63) is 46.1 Å². The minimum absolute atomic E-state index is 0.00130. The average molecular weight is 450 g/mol. The van der Waals surface area contributed by atoms with Crippen LogP contribution >= 0.6 is 23.2 Å². The van der Waals surface area contributed by atoms with Gasteiger partial charge in [-0.3, -0.25) is 0 Å². The quantitative estimate of drug-likeness (QED) is 0.663. The number of aromatic nitrogens is 2. The second-order valence-electron chi connectivity index (χ2n) is 8.37. The van der Waals surface area contributed by atoms with Crippen LogP contribution in [0.25, 0.3) is 0 Å². The van der Waals surface area contributed by atoms with E-state index in [-0.39, 0.29) is 12.6 Å². The van der Waals surface area contributed by atoms with Crippen molar-refractivity contribution >= 4 is 35.0 Å². The zero-order chi connectivity index (χ0) is 21.1. The molecular weight excluding hydrogens is 421 g/mol. The number of nitrogens with zero attached hydrogens (tertiary/aromatic N) is 4. The molecule has 0 amide bonds. The Bertz CT molecular complexity index is 859. The van der Waals surface area contributed by atoms with E-state index in [1.807, 2.05) is 18.2 Å². The zero-order valence-electron chi connectivity index (χ0n) is 17.3. The summed E-state index contributed by atoms with van der Waals surface area (Å²) in [6.07, 6.45) is 4.31. The Morgan fingerprint density at radius 1 is 1.20 bits per heavy atom. The summed E-state index contributed by atoms with van der Waals surface area (Å²) >= 11 is 12.3. The van der Waals surface area contributed by atoms with Gasteiger partial charge in [-0.1, -0.05) is 29.3 Å². The van der Waals surface area contributed by atoms with Gasteiger partial charge < -0.3 is 20.2 Å². The van der Waals surface area contributed by atoms with Gasteiger partial charge in [0.05, 0.1) is 12.6 Å². The van der Waals surface area contributed by atoms with Crippen molar-refractivity contribution in [2.24, 2.45) is 11.8 Å². The highest BCUT2D eigenvalue weighted by molar-refractivity contribution is 6.35. The molecule has 1 aromatic carbocycles. The predicted molar refractivity (Wildman–Crippen MR) is 122 cm³/mol. The fourth-order valence-electron chi connectivity index (χ4n) is 4.53. The van der Waals surface area contributed by atoms with Gasteiger partial charge in [-0.25, -0.2) is 4.98 Å². The van der Waals surface area contributed by atoms with Gasteiger partial charge in [-0.2, -0.15) is 4.98 Å².